The zero-order valence-corrected chi connectivity index (χ0v) is 25.6. The van der Waals surface area contributed by atoms with E-state index in [1.807, 2.05) is 26.1 Å². The number of nitrogens with zero attached hydrogens (tertiary/aromatic N) is 3. The molecule has 1 saturated heterocycles. The number of hydrogen-bond acceptors (Lipinski definition) is 5. The highest BCUT2D eigenvalue weighted by Crippen LogP contribution is 2.51. The number of hydrogen-bond donors (Lipinski definition) is 0. The zero-order valence-electron chi connectivity index (χ0n) is 23.9. The van der Waals surface area contributed by atoms with Gasteiger partial charge in [0.05, 0.1) is 18.0 Å². The van der Waals surface area contributed by atoms with Gasteiger partial charge in [-0.15, -0.1) is 0 Å². The maximum atomic E-state index is 7.34. The molecule has 2 aromatic carbocycles. The van der Waals surface area contributed by atoms with Crippen LogP contribution in [0.1, 0.15) is 47.6 Å². The van der Waals surface area contributed by atoms with Crippen LogP contribution in [0.5, 0.6) is 0 Å². The first kappa shape index (κ1) is 27.4. The molecule has 1 fully saturated rings. The largest absolute Gasteiger partial charge is 0.403 e. The molecule has 0 N–H and O–H groups in total. The Morgan fingerprint density at radius 3 is 2.17 bits per heavy atom. The van der Waals surface area contributed by atoms with Crippen molar-refractivity contribution in [3.05, 3.63) is 96.1 Å². The Morgan fingerprint density at radius 2 is 1.57 bits per heavy atom. The molecule has 0 bridgehead atoms. The lowest BCUT2D eigenvalue weighted by Crippen LogP contribution is -2.66. The molecule has 4 aromatic rings. The molecule has 0 radical (unpaired) electrons. The lowest BCUT2D eigenvalue weighted by Gasteiger charge is -2.43. The summed E-state index contributed by atoms with van der Waals surface area (Å²) in [4.78, 5) is 8.72. The molecular weight excluding hydrogens is 538 g/mol. The molecule has 3 heterocycles. The molecular formula is C32H36ClN3O3Si. The molecule has 6 nitrogen and oxygen atoms in total. The number of benzene rings is 2. The van der Waals surface area contributed by atoms with Gasteiger partial charge in [0, 0.05) is 6.20 Å². The second-order valence-electron chi connectivity index (χ2n) is 12.4. The van der Waals surface area contributed by atoms with E-state index in [2.05, 4.69) is 109 Å². The van der Waals surface area contributed by atoms with E-state index in [-0.39, 0.29) is 17.2 Å². The van der Waals surface area contributed by atoms with Gasteiger partial charge in [-0.05, 0) is 47.8 Å². The smallest absolute Gasteiger partial charge is 0.261 e. The molecule has 0 amide bonds. The van der Waals surface area contributed by atoms with Crippen molar-refractivity contribution in [3.8, 4) is 0 Å². The molecule has 1 aliphatic carbocycles. The SMILES string of the molecule is CC1(C)O[C@H]2[C@H](n3ccc4c(Cl)ncnc43)C=C(CO[Si](c3ccccc3)(c3ccccc3)C(C)(C)C)[C@@]2(C)O1. The minimum Gasteiger partial charge on any atom is -0.403 e. The minimum atomic E-state index is -2.75. The third-order valence-corrected chi connectivity index (χ3v) is 13.7. The van der Waals surface area contributed by atoms with Crippen molar-refractivity contribution >= 4 is 41.3 Å². The van der Waals surface area contributed by atoms with E-state index < -0.39 is 19.7 Å². The predicted molar refractivity (Wildman–Crippen MR) is 162 cm³/mol. The highest BCUT2D eigenvalue weighted by Gasteiger charge is 2.60. The number of aromatic nitrogens is 3. The molecule has 0 unspecified atom stereocenters. The van der Waals surface area contributed by atoms with Crippen LogP contribution >= 0.6 is 11.6 Å². The standard InChI is InChI=1S/C32H36ClN3O3Si/c1-30(2,3)40(23-13-9-7-10-14-23,24-15-11-8-12-16-24)37-20-22-19-26(27-32(22,6)39-31(4,5)38-27)36-18-17-25-28(33)34-21-35-29(25)36/h7-19,21,26-27H,20H2,1-6H3/t26-,27+,32-/m1/s1. The lowest BCUT2D eigenvalue weighted by molar-refractivity contribution is -0.158. The maximum Gasteiger partial charge on any atom is 0.261 e. The summed E-state index contributed by atoms with van der Waals surface area (Å²) in [6.07, 6.45) is 5.49. The van der Waals surface area contributed by atoms with E-state index in [4.69, 9.17) is 25.5 Å². The first-order valence-electron chi connectivity index (χ1n) is 13.8. The molecule has 40 heavy (non-hydrogen) atoms. The Bertz CT molecular complexity index is 1530. The summed E-state index contributed by atoms with van der Waals surface area (Å²) in [6.45, 7) is 13.4. The van der Waals surface area contributed by atoms with Crippen molar-refractivity contribution < 1.29 is 13.9 Å². The number of ether oxygens (including phenoxy) is 2. The second-order valence-corrected chi connectivity index (χ2v) is 17.1. The molecule has 0 spiro atoms. The molecule has 2 aliphatic rings. The molecule has 2 aromatic heterocycles. The number of halogens is 1. The van der Waals surface area contributed by atoms with Crippen LogP contribution in [0.3, 0.4) is 0 Å². The summed E-state index contributed by atoms with van der Waals surface area (Å²) < 4.78 is 22.7. The van der Waals surface area contributed by atoms with Gasteiger partial charge < -0.3 is 18.5 Å². The van der Waals surface area contributed by atoms with Crippen LogP contribution in [0.4, 0.5) is 0 Å². The van der Waals surface area contributed by atoms with Gasteiger partial charge in [0.25, 0.3) is 8.32 Å². The normalized spacial score (nSPS) is 24.3. The Balaban J connectivity index is 1.45. The zero-order chi connectivity index (χ0) is 28.3. The van der Waals surface area contributed by atoms with Gasteiger partial charge in [-0.25, -0.2) is 9.97 Å². The second kappa shape index (κ2) is 9.64. The summed E-state index contributed by atoms with van der Waals surface area (Å²) in [6, 6.07) is 23.2. The van der Waals surface area contributed by atoms with Gasteiger partial charge in [0.15, 0.2) is 5.79 Å². The molecule has 3 atom stereocenters. The van der Waals surface area contributed by atoms with Gasteiger partial charge in [0.1, 0.15) is 28.8 Å². The van der Waals surface area contributed by atoms with E-state index in [9.17, 15) is 0 Å². The maximum absolute atomic E-state index is 7.34. The van der Waals surface area contributed by atoms with Crippen LogP contribution < -0.4 is 10.4 Å². The fourth-order valence-corrected chi connectivity index (χ4v) is 11.4. The molecule has 8 heteroatoms. The summed E-state index contributed by atoms with van der Waals surface area (Å²) in [5.41, 5.74) is 1.17. The van der Waals surface area contributed by atoms with Gasteiger partial charge in [-0.1, -0.05) is 99.1 Å². The van der Waals surface area contributed by atoms with Crippen LogP contribution in [0, 0.1) is 0 Å². The molecule has 6 rings (SSSR count). The quantitative estimate of drug-likeness (QED) is 0.160. The highest BCUT2D eigenvalue weighted by atomic mass is 35.5. The molecule has 0 saturated carbocycles. The van der Waals surface area contributed by atoms with Crippen LogP contribution in [0.2, 0.25) is 10.2 Å². The fraction of sp³-hybridized carbons (Fsp3) is 0.375. The Morgan fingerprint density at radius 1 is 0.950 bits per heavy atom. The van der Waals surface area contributed by atoms with E-state index in [1.54, 1.807) is 0 Å². The van der Waals surface area contributed by atoms with Crippen LogP contribution in [-0.4, -0.2) is 47.0 Å². The third kappa shape index (κ3) is 4.27. The van der Waals surface area contributed by atoms with Crippen molar-refractivity contribution in [1.82, 2.24) is 14.5 Å². The lowest BCUT2D eigenvalue weighted by atomic mass is 9.95. The monoisotopic (exact) mass is 573 g/mol. The fourth-order valence-electron chi connectivity index (χ4n) is 6.66. The average molecular weight is 574 g/mol. The molecule has 208 valence electrons. The Hall–Kier alpha value is -2.81. The summed E-state index contributed by atoms with van der Waals surface area (Å²) in [7, 11) is -2.75. The Kier molecular flexibility index (Phi) is 6.59. The topological polar surface area (TPSA) is 58.4 Å². The number of rotatable bonds is 6. The van der Waals surface area contributed by atoms with Crippen molar-refractivity contribution in [2.24, 2.45) is 0 Å². The average Bonchev–Trinajstić information content (AvgIpc) is 3.52. The Labute approximate surface area is 242 Å². The first-order valence-corrected chi connectivity index (χ1v) is 16.1. The number of fused-ring (bicyclic) bond motifs is 2. The third-order valence-electron chi connectivity index (χ3n) is 8.37. The summed E-state index contributed by atoms with van der Waals surface area (Å²) >= 11 is 6.40. The van der Waals surface area contributed by atoms with E-state index in [1.165, 1.54) is 16.7 Å². The highest BCUT2D eigenvalue weighted by molar-refractivity contribution is 6.99. The minimum absolute atomic E-state index is 0.134. The van der Waals surface area contributed by atoms with Crippen molar-refractivity contribution in [3.63, 3.8) is 0 Å². The summed E-state index contributed by atoms with van der Waals surface area (Å²) in [5.74, 6) is -0.746. The van der Waals surface area contributed by atoms with Gasteiger partial charge in [-0.2, -0.15) is 0 Å². The van der Waals surface area contributed by atoms with Crippen LogP contribution in [-0.2, 0) is 13.9 Å². The van der Waals surface area contributed by atoms with Crippen molar-refractivity contribution in [2.75, 3.05) is 6.61 Å². The first-order chi connectivity index (χ1) is 19.0. The van der Waals surface area contributed by atoms with E-state index in [0.29, 0.717) is 11.8 Å². The van der Waals surface area contributed by atoms with Crippen LogP contribution in [0.25, 0.3) is 11.0 Å². The van der Waals surface area contributed by atoms with Gasteiger partial charge in [0.2, 0.25) is 0 Å². The molecule has 1 aliphatic heterocycles. The summed E-state index contributed by atoms with van der Waals surface area (Å²) in [5, 5.41) is 3.61. The predicted octanol–water partition coefficient (Wildman–Crippen LogP) is 6.05. The van der Waals surface area contributed by atoms with Crippen LogP contribution in [0.15, 0.2) is 90.9 Å². The van der Waals surface area contributed by atoms with Gasteiger partial charge in [-0.3, -0.25) is 0 Å². The van der Waals surface area contributed by atoms with E-state index in [0.717, 1.165) is 16.6 Å². The van der Waals surface area contributed by atoms with Crippen molar-refractivity contribution in [1.29, 1.82) is 0 Å². The van der Waals surface area contributed by atoms with Crippen molar-refractivity contribution in [2.45, 2.75) is 70.1 Å². The van der Waals surface area contributed by atoms with Gasteiger partial charge >= 0.3 is 0 Å². The van der Waals surface area contributed by atoms with E-state index >= 15 is 0 Å².